The first-order chi connectivity index (χ1) is 10.0. The largest absolute Gasteiger partial charge is 0.394 e. The lowest BCUT2D eigenvalue weighted by atomic mass is 10.1. The molecule has 2 N–H and O–H groups in total. The number of hydrogen-bond donors (Lipinski definition) is 2. The van der Waals surface area contributed by atoms with Crippen LogP contribution in [0.15, 0.2) is 18.2 Å². The molecule has 0 bridgehead atoms. The van der Waals surface area contributed by atoms with Crippen LogP contribution >= 0.6 is 11.6 Å². The average Bonchev–Trinajstić information content (AvgIpc) is 2.47. The first kappa shape index (κ1) is 16.1. The molecule has 2 rings (SSSR count). The highest BCUT2D eigenvalue weighted by Gasteiger charge is 2.29. The summed E-state index contributed by atoms with van der Waals surface area (Å²) in [5.74, 6) is -0.0953. The first-order valence-corrected chi connectivity index (χ1v) is 7.52. The van der Waals surface area contributed by atoms with Crippen LogP contribution in [0.2, 0.25) is 5.02 Å². The van der Waals surface area contributed by atoms with Gasteiger partial charge in [-0.15, -0.1) is 0 Å². The molecule has 1 fully saturated rings. The molecule has 1 heterocycles. The molecule has 1 aromatic carbocycles. The maximum atomic E-state index is 12.7. The molecule has 1 aliphatic heterocycles. The van der Waals surface area contributed by atoms with E-state index in [2.05, 4.69) is 5.32 Å². The Balaban J connectivity index is 2.24. The van der Waals surface area contributed by atoms with Crippen molar-refractivity contribution in [2.45, 2.75) is 26.1 Å². The molecule has 2 unspecified atom stereocenters. The Hall–Kier alpha value is -1.30. The molecule has 0 saturated carbocycles. The second-order valence-electron chi connectivity index (χ2n) is 5.18. The van der Waals surface area contributed by atoms with E-state index in [0.717, 1.165) is 12.2 Å². The maximum absolute atomic E-state index is 12.7. The molecule has 6 heteroatoms. The number of nitrogens with zero attached hydrogens (tertiary/aromatic N) is 1. The van der Waals surface area contributed by atoms with Crippen LogP contribution in [0, 0.1) is 0 Å². The number of carbonyl (C=O) groups is 1. The van der Waals surface area contributed by atoms with Crippen molar-refractivity contribution in [1.82, 2.24) is 4.90 Å². The van der Waals surface area contributed by atoms with E-state index >= 15 is 0 Å². The average molecular weight is 313 g/mol. The number of carbonyl (C=O) groups excluding carboxylic acids is 1. The second-order valence-corrected chi connectivity index (χ2v) is 5.62. The number of hydrogen-bond acceptors (Lipinski definition) is 4. The van der Waals surface area contributed by atoms with E-state index in [4.69, 9.17) is 16.3 Å². The van der Waals surface area contributed by atoms with Crippen LogP contribution in [0.25, 0.3) is 0 Å². The molecule has 0 radical (unpaired) electrons. The van der Waals surface area contributed by atoms with Crippen LogP contribution in [0.1, 0.15) is 24.2 Å². The van der Waals surface area contributed by atoms with Crippen molar-refractivity contribution in [2.75, 3.05) is 31.6 Å². The number of aliphatic hydroxyl groups excluding tert-OH is 1. The summed E-state index contributed by atoms with van der Waals surface area (Å²) in [5.41, 5.74) is 1.32. The Labute approximate surface area is 129 Å². The predicted octanol–water partition coefficient (Wildman–Crippen LogP) is 1.99. The number of ether oxygens (including phenoxy) is 1. The summed E-state index contributed by atoms with van der Waals surface area (Å²) >= 11 is 6.02. The highest BCUT2D eigenvalue weighted by molar-refractivity contribution is 6.31. The van der Waals surface area contributed by atoms with Crippen molar-refractivity contribution >= 4 is 23.2 Å². The van der Waals surface area contributed by atoms with Crippen LogP contribution in [0.4, 0.5) is 5.69 Å². The van der Waals surface area contributed by atoms with E-state index in [1.165, 1.54) is 0 Å². The van der Waals surface area contributed by atoms with Crippen LogP contribution in [-0.4, -0.2) is 54.4 Å². The summed E-state index contributed by atoms with van der Waals surface area (Å²) < 4.78 is 5.57. The minimum atomic E-state index is -0.334. The van der Waals surface area contributed by atoms with E-state index in [0.29, 0.717) is 23.7 Å². The third kappa shape index (κ3) is 3.87. The zero-order valence-electron chi connectivity index (χ0n) is 12.3. The fourth-order valence-electron chi connectivity index (χ4n) is 2.52. The van der Waals surface area contributed by atoms with Crippen molar-refractivity contribution in [3.8, 4) is 0 Å². The second kappa shape index (κ2) is 7.11. The number of benzene rings is 1. The van der Waals surface area contributed by atoms with Gasteiger partial charge in [0.05, 0.1) is 24.4 Å². The molecule has 5 nitrogen and oxygen atoms in total. The number of rotatable bonds is 4. The maximum Gasteiger partial charge on any atom is 0.256 e. The van der Waals surface area contributed by atoms with E-state index in [1.807, 2.05) is 19.9 Å². The van der Waals surface area contributed by atoms with Crippen molar-refractivity contribution < 1.29 is 14.6 Å². The topological polar surface area (TPSA) is 61.8 Å². The number of amides is 1. The van der Waals surface area contributed by atoms with Gasteiger partial charge in [0.25, 0.3) is 5.91 Å². The van der Waals surface area contributed by atoms with E-state index < -0.39 is 0 Å². The summed E-state index contributed by atoms with van der Waals surface area (Å²) in [7, 11) is 0. The molecule has 1 amide bonds. The molecular weight excluding hydrogens is 292 g/mol. The van der Waals surface area contributed by atoms with Gasteiger partial charge in [-0.2, -0.15) is 0 Å². The standard InChI is InChI=1S/C15H21ClN2O3/c1-3-17-14-5-4-11(16)6-13(14)15(20)18-7-10(2)21-12(8-18)9-19/h4-6,10,12,17,19H,3,7-9H2,1-2H3. The van der Waals surface area contributed by atoms with Crippen LogP contribution in [-0.2, 0) is 4.74 Å². The number of morpholine rings is 1. The molecule has 1 aliphatic rings. The number of anilines is 1. The van der Waals surface area contributed by atoms with E-state index in [-0.39, 0.29) is 24.7 Å². The van der Waals surface area contributed by atoms with Gasteiger partial charge >= 0.3 is 0 Å². The van der Waals surface area contributed by atoms with Gasteiger partial charge in [-0.05, 0) is 32.0 Å². The van der Waals surface area contributed by atoms with Gasteiger partial charge in [0.1, 0.15) is 0 Å². The molecular formula is C15H21ClN2O3. The lowest BCUT2D eigenvalue weighted by molar-refractivity contribution is -0.0858. The summed E-state index contributed by atoms with van der Waals surface area (Å²) in [6.07, 6.45) is -0.430. The van der Waals surface area contributed by atoms with Crippen LogP contribution in [0.3, 0.4) is 0 Å². The highest BCUT2D eigenvalue weighted by Crippen LogP contribution is 2.24. The van der Waals surface area contributed by atoms with Crippen LogP contribution in [0.5, 0.6) is 0 Å². The zero-order chi connectivity index (χ0) is 15.4. The van der Waals surface area contributed by atoms with Gasteiger partial charge in [-0.3, -0.25) is 4.79 Å². The SMILES string of the molecule is CCNc1ccc(Cl)cc1C(=O)N1CC(C)OC(CO)C1. The lowest BCUT2D eigenvalue weighted by Crippen LogP contribution is -2.50. The monoisotopic (exact) mass is 312 g/mol. The Kier molecular flexibility index (Phi) is 5.45. The minimum Gasteiger partial charge on any atom is -0.394 e. The molecule has 1 saturated heterocycles. The van der Waals surface area contributed by atoms with Gasteiger partial charge in [0.15, 0.2) is 0 Å². The predicted molar refractivity (Wildman–Crippen MR) is 82.9 cm³/mol. The van der Waals surface area contributed by atoms with Gasteiger partial charge < -0.3 is 20.1 Å². The van der Waals surface area contributed by atoms with Crippen molar-refractivity contribution in [3.05, 3.63) is 28.8 Å². The number of aliphatic hydroxyl groups is 1. The van der Waals surface area contributed by atoms with Crippen molar-refractivity contribution in [1.29, 1.82) is 0 Å². The normalized spacial score (nSPS) is 22.2. The Bertz CT molecular complexity index is 510. The summed E-state index contributed by atoms with van der Waals surface area (Å²) in [4.78, 5) is 14.5. The Morgan fingerprint density at radius 1 is 1.52 bits per heavy atom. The number of nitrogens with one attached hydrogen (secondary N) is 1. The summed E-state index contributed by atoms with van der Waals surface area (Å²) in [6, 6.07) is 5.25. The molecule has 2 atom stereocenters. The molecule has 0 spiro atoms. The van der Waals surface area contributed by atoms with Crippen molar-refractivity contribution in [3.63, 3.8) is 0 Å². The summed E-state index contributed by atoms with van der Waals surface area (Å²) in [6.45, 7) is 5.39. The van der Waals surface area contributed by atoms with Gasteiger partial charge in [-0.1, -0.05) is 11.6 Å². The van der Waals surface area contributed by atoms with Crippen LogP contribution < -0.4 is 5.32 Å². The minimum absolute atomic E-state index is 0.0935. The summed E-state index contributed by atoms with van der Waals surface area (Å²) in [5, 5.41) is 13.0. The first-order valence-electron chi connectivity index (χ1n) is 7.14. The molecule has 21 heavy (non-hydrogen) atoms. The van der Waals surface area contributed by atoms with Crippen molar-refractivity contribution in [2.24, 2.45) is 0 Å². The molecule has 0 aromatic heterocycles. The quantitative estimate of drug-likeness (QED) is 0.892. The molecule has 0 aliphatic carbocycles. The van der Waals surface area contributed by atoms with E-state index in [9.17, 15) is 9.90 Å². The van der Waals surface area contributed by atoms with Gasteiger partial charge in [0, 0.05) is 30.3 Å². The zero-order valence-corrected chi connectivity index (χ0v) is 13.1. The molecule has 116 valence electrons. The third-order valence-electron chi connectivity index (χ3n) is 3.40. The third-order valence-corrected chi connectivity index (χ3v) is 3.63. The lowest BCUT2D eigenvalue weighted by Gasteiger charge is -2.36. The van der Waals surface area contributed by atoms with Gasteiger partial charge in [0.2, 0.25) is 0 Å². The smallest absolute Gasteiger partial charge is 0.256 e. The van der Waals surface area contributed by atoms with Gasteiger partial charge in [-0.25, -0.2) is 0 Å². The highest BCUT2D eigenvalue weighted by atomic mass is 35.5. The Morgan fingerprint density at radius 3 is 2.95 bits per heavy atom. The Morgan fingerprint density at radius 2 is 2.29 bits per heavy atom. The van der Waals surface area contributed by atoms with E-state index in [1.54, 1.807) is 17.0 Å². The fraction of sp³-hybridized carbons (Fsp3) is 0.533. The number of halogens is 1. The molecule has 1 aromatic rings. The fourth-order valence-corrected chi connectivity index (χ4v) is 2.69.